The SMILES string of the molecule is CCOC(=O)N1CCc2c(sc(NC(=O)c3cc(Br)ccc3Cl)c2C(N)=O)C1. The number of benzene rings is 1. The Morgan fingerprint density at radius 3 is 2.82 bits per heavy atom. The third kappa shape index (κ3) is 4.16. The van der Waals surface area contributed by atoms with Crippen LogP contribution < -0.4 is 11.1 Å². The van der Waals surface area contributed by atoms with Crippen LogP contribution in [0.3, 0.4) is 0 Å². The van der Waals surface area contributed by atoms with Gasteiger partial charge in [-0.2, -0.15) is 0 Å². The fourth-order valence-electron chi connectivity index (χ4n) is 2.96. The van der Waals surface area contributed by atoms with E-state index in [2.05, 4.69) is 21.2 Å². The highest BCUT2D eigenvalue weighted by Crippen LogP contribution is 2.37. The van der Waals surface area contributed by atoms with Gasteiger partial charge in [0, 0.05) is 15.9 Å². The van der Waals surface area contributed by atoms with Gasteiger partial charge in [-0.1, -0.05) is 27.5 Å². The molecule has 28 heavy (non-hydrogen) atoms. The van der Waals surface area contributed by atoms with Crippen molar-refractivity contribution in [2.45, 2.75) is 19.9 Å². The zero-order valence-corrected chi connectivity index (χ0v) is 18.0. The summed E-state index contributed by atoms with van der Waals surface area (Å²) in [7, 11) is 0. The Morgan fingerprint density at radius 2 is 2.14 bits per heavy atom. The lowest BCUT2D eigenvalue weighted by atomic mass is 10.0. The van der Waals surface area contributed by atoms with E-state index in [1.807, 2.05) is 0 Å². The summed E-state index contributed by atoms with van der Waals surface area (Å²) in [5.74, 6) is -1.08. The Kier molecular flexibility index (Phi) is 6.26. The van der Waals surface area contributed by atoms with Crippen LogP contribution in [0.2, 0.25) is 5.02 Å². The highest BCUT2D eigenvalue weighted by atomic mass is 79.9. The first kappa shape index (κ1) is 20.6. The Balaban J connectivity index is 1.90. The molecule has 0 bridgehead atoms. The van der Waals surface area contributed by atoms with Crippen LogP contribution in [-0.4, -0.2) is 36.0 Å². The normalized spacial score (nSPS) is 13.0. The van der Waals surface area contributed by atoms with E-state index in [1.165, 1.54) is 11.3 Å². The van der Waals surface area contributed by atoms with Crippen molar-refractivity contribution < 1.29 is 19.1 Å². The molecule has 0 saturated carbocycles. The summed E-state index contributed by atoms with van der Waals surface area (Å²) in [4.78, 5) is 39.1. The number of thiophene rings is 1. The molecule has 3 amide bonds. The number of rotatable bonds is 4. The van der Waals surface area contributed by atoms with Crippen molar-refractivity contribution >= 4 is 61.8 Å². The molecule has 0 radical (unpaired) electrons. The number of ether oxygens (including phenoxy) is 1. The zero-order valence-electron chi connectivity index (χ0n) is 14.9. The lowest BCUT2D eigenvalue weighted by Gasteiger charge is -2.26. The molecule has 2 heterocycles. The number of halogens is 2. The second kappa shape index (κ2) is 8.50. The lowest BCUT2D eigenvalue weighted by molar-refractivity contribution is 0.0997. The Labute approximate surface area is 178 Å². The topological polar surface area (TPSA) is 102 Å². The molecule has 0 aliphatic carbocycles. The summed E-state index contributed by atoms with van der Waals surface area (Å²) >= 11 is 10.6. The van der Waals surface area contributed by atoms with E-state index in [9.17, 15) is 14.4 Å². The molecule has 0 atom stereocenters. The van der Waals surface area contributed by atoms with Crippen molar-refractivity contribution in [3.05, 3.63) is 49.3 Å². The summed E-state index contributed by atoms with van der Waals surface area (Å²) in [5, 5.41) is 3.38. The average Bonchev–Trinajstić information content (AvgIpc) is 3.00. The summed E-state index contributed by atoms with van der Waals surface area (Å²) in [6.45, 7) is 2.73. The van der Waals surface area contributed by atoms with Crippen LogP contribution >= 0.6 is 38.9 Å². The van der Waals surface area contributed by atoms with E-state index < -0.39 is 17.9 Å². The molecule has 0 saturated heterocycles. The molecule has 1 aliphatic heterocycles. The molecule has 0 unspecified atom stereocenters. The van der Waals surface area contributed by atoms with Gasteiger partial charge >= 0.3 is 6.09 Å². The maximum absolute atomic E-state index is 12.7. The van der Waals surface area contributed by atoms with Crippen LogP contribution in [0.15, 0.2) is 22.7 Å². The molecule has 3 N–H and O–H groups in total. The first-order chi connectivity index (χ1) is 13.3. The summed E-state index contributed by atoms with van der Waals surface area (Å²) in [6.07, 6.45) is 0.0462. The van der Waals surface area contributed by atoms with Gasteiger partial charge < -0.3 is 20.7 Å². The van der Waals surface area contributed by atoms with Gasteiger partial charge in [0.2, 0.25) is 0 Å². The number of anilines is 1. The predicted octanol–water partition coefficient (Wildman–Crippen LogP) is 4.03. The van der Waals surface area contributed by atoms with Gasteiger partial charge in [0.1, 0.15) is 5.00 Å². The van der Waals surface area contributed by atoms with E-state index in [0.717, 1.165) is 10.4 Å². The molecule has 148 valence electrons. The van der Waals surface area contributed by atoms with Crippen LogP contribution in [0.4, 0.5) is 9.80 Å². The standard InChI is InChI=1S/C18H17BrClN3O4S/c1-2-27-18(26)23-6-5-10-13(8-23)28-17(14(10)15(21)24)22-16(25)11-7-9(19)3-4-12(11)20/h3-4,7H,2,5-6,8H2,1H3,(H2,21,24)(H,22,25). The molecule has 10 heteroatoms. The van der Waals surface area contributed by atoms with Gasteiger partial charge in [-0.25, -0.2) is 4.79 Å². The molecular weight excluding hydrogens is 470 g/mol. The molecule has 7 nitrogen and oxygen atoms in total. The van der Waals surface area contributed by atoms with Crippen LogP contribution in [0, 0.1) is 0 Å². The number of fused-ring (bicyclic) bond motifs is 1. The highest BCUT2D eigenvalue weighted by molar-refractivity contribution is 9.10. The Morgan fingerprint density at radius 1 is 1.39 bits per heavy atom. The third-order valence-electron chi connectivity index (χ3n) is 4.23. The summed E-state index contributed by atoms with van der Waals surface area (Å²) in [5.41, 5.74) is 6.88. The number of primary amides is 1. The van der Waals surface area contributed by atoms with E-state index >= 15 is 0 Å². The minimum absolute atomic E-state index is 0.269. The van der Waals surface area contributed by atoms with Gasteiger partial charge in [-0.05, 0) is 37.1 Å². The van der Waals surface area contributed by atoms with Crippen molar-refractivity contribution in [2.75, 3.05) is 18.5 Å². The minimum atomic E-state index is -0.627. The van der Waals surface area contributed by atoms with Crippen LogP contribution in [0.5, 0.6) is 0 Å². The van der Waals surface area contributed by atoms with Crippen molar-refractivity contribution in [1.29, 1.82) is 0 Å². The van der Waals surface area contributed by atoms with E-state index in [1.54, 1.807) is 30.0 Å². The van der Waals surface area contributed by atoms with Crippen LogP contribution in [-0.2, 0) is 17.7 Å². The highest BCUT2D eigenvalue weighted by Gasteiger charge is 2.30. The van der Waals surface area contributed by atoms with Crippen molar-refractivity contribution in [3.63, 3.8) is 0 Å². The number of carbonyl (C=O) groups is 3. The fourth-order valence-corrected chi connectivity index (χ4v) is 4.79. The van der Waals surface area contributed by atoms with Gasteiger partial charge in [0.25, 0.3) is 11.8 Å². The second-order valence-electron chi connectivity index (χ2n) is 6.02. The number of carbonyl (C=O) groups excluding carboxylic acids is 3. The molecule has 1 aliphatic rings. The van der Waals surface area contributed by atoms with Crippen molar-refractivity contribution in [1.82, 2.24) is 4.90 Å². The van der Waals surface area contributed by atoms with Gasteiger partial charge in [0.05, 0.1) is 29.3 Å². The maximum Gasteiger partial charge on any atom is 0.410 e. The molecule has 1 aromatic carbocycles. The Bertz CT molecular complexity index is 963. The zero-order chi connectivity index (χ0) is 20.4. The first-order valence-electron chi connectivity index (χ1n) is 8.44. The lowest BCUT2D eigenvalue weighted by Crippen LogP contribution is -2.36. The fraction of sp³-hybridized carbons (Fsp3) is 0.278. The van der Waals surface area contributed by atoms with Gasteiger partial charge in [-0.15, -0.1) is 11.3 Å². The number of hydrogen-bond acceptors (Lipinski definition) is 5. The molecule has 0 spiro atoms. The predicted molar refractivity (Wildman–Crippen MR) is 111 cm³/mol. The molecule has 0 fully saturated rings. The third-order valence-corrected chi connectivity index (χ3v) is 6.18. The average molecular weight is 487 g/mol. The molecule has 3 rings (SSSR count). The largest absolute Gasteiger partial charge is 0.450 e. The van der Waals surface area contributed by atoms with Gasteiger partial charge in [-0.3, -0.25) is 9.59 Å². The number of hydrogen-bond donors (Lipinski definition) is 2. The number of nitrogens with two attached hydrogens (primary N) is 1. The van der Waals surface area contributed by atoms with Crippen LogP contribution in [0.25, 0.3) is 0 Å². The maximum atomic E-state index is 12.7. The Hall–Kier alpha value is -2.10. The first-order valence-corrected chi connectivity index (χ1v) is 10.4. The molecule has 2 aromatic rings. The van der Waals surface area contributed by atoms with Crippen molar-refractivity contribution in [3.8, 4) is 0 Å². The number of amides is 3. The quantitative estimate of drug-likeness (QED) is 0.681. The van der Waals surface area contributed by atoms with E-state index in [-0.39, 0.29) is 22.8 Å². The number of nitrogens with one attached hydrogen (secondary N) is 1. The van der Waals surface area contributed by atoms with Gasteiger partial charge in [0.15, 0.2) is 0 Å². The molecular formula is C18H17BrClN3O4S. The summed E-state index contributed by atoms with van der Waals surface area (Å²) < 4.78 is 5.74. The molecule has 1 aromatic heterocycles. The van der Waals surface area contributed by atoms with Crippen molar-refractivity contribution in [2.24, 2.45) is 5.73 Å². The summed E-state index contributed by atoms with van der Waals surface area (Å²) in [6, 6.07) is 4.92. The monoisotopic (exact) mass is 485 g/mol. The van der Waals surface area contributed by atoms with E-state index in [0.29, 0.717) is 29.0 Å². The number of nitrogens with zero attached hydrogens (tertiary/aromatic N) is 1. The smallest absolute Gasteiger partial charge is 0.410 e. The minimum Gasteiger partial charge on any atom is -0.450 e. The van der Waals surface area contributed by atoms with E-state index in [4.69, 9.17) is 22.1 Å². The van der Waals surface area contributed by atoms with Crippen LogP contribution in [0.1, 0.15) is 38.1 Å². The second-order valence-corrected chi connectivity index (χ2v) is 8.45.